The van der Waals surface area contributed by atoms with Crippen LogP contribution in [0.2, 0.25) is 15.1 Å². The maximum atomic E-state index is 12.4. The molecule has 6 nitrogen and oxygen atoms in total. The van der Waals surface area contributed by atoms with Gasteiger partial charge in [-0.3, -0.25) is 9.59 Å². The van der Waals surface area contributed by atoms with Gasteiger partial charge in [0, 0.05) is 12.2 Å². The Morgan fingerprint density at radius 1 is 1.00 bits per heavy atom. The van der Waals surface area contributed by atoms with Crippen molar-refractivity contribution >= 4 is 52.3 Å². The fourth-order valence-corrected chi connectivity index (χ4v) is 3.06. The second-order valence-corrected chi connectivity index (χ2v) is 6.88. The lowest BCUT2D eigenvalue weighted by atomic mass is 10.1. The summed E-state index contributed by atoms with van der Waals surface area (Å²) in [6.07, 6.45) is 1.41. The molecule has 0 bridgehead atoms. The smallest absolute Gasteiger partial charge is 0.291 e. The summed E-state index contributed by atoms with van der Waals surface area (Å²) in [6.45, 7) is 0.158. The maximum absolute atomic E-state index is 12.4. The monoisotopic (exact) mass is 438 g/mol. The minimum absolute atomic E-state index is 0.0614. The molecule has 0 radical (unpaired) electrons. The van der Waals surface area contributed by atoms with Gasteiger partial charge in [-0.05, 0) is 35.9 Å². The third-order valence-electron chi connectivity index (χ3n) is 3.78. The lowest BCUT2D eigenvalue weighted by Gasteiger charge is -2.11. The molecule has 0 aliphatic heterocycles. The Kier molecular flexibility index (Phi) is 6.14. The third kappa shape index (κ3) is 4.42. The zero-order chi connectivity index (χ0) is 20.3. The Balaban J connectivity index is 1.64. The number of furan rings is 1. The molecular weight excluding hydrogens is 427 g/mol. The number of nitrogens with one attached hydrogen (secondary N) is 2. The fourth-order valence-electron chi connectivity index (χ4n) is 2.37. The summed E-state index contributed by atoms with van der Waals surface area (Å²) in [5.74, 6) is -1.23. The number of rotatable bonds is 5. The molecular formula is C19H13Cl3N2O4. The predicted molar refractivity (Wildman–Crippen MR) is 107 cm³/mol. The summed E-state index contributed by atoms with van der Waals surface area (Å²) in [5, 5.41) is 15.2. The van der Waals surface area contributed by atoms with Gasteiger partial charge in [0.05, 0.1) is 21.3 Å². The van der Waals surface area contributed by atoms with Crippen LogP contribution in [0.4, 0.5) is 5.69 Å². The van der Waals surface area contributed by atoms with E-state index in [1.54, 1.807) is 36.4 Å². The van der Waals surface area contributed by atoms with Crippen LogP contribution in [0.5, 0.6) is 5.75 Å². The number of carbonyl (C=O) groups is 2. The number of benzene rings is 2. The molecule has 0 saturated heterocycles. The van der Waals surface area contributed by atoms with Gasteiger partial charge < -0.3 is 20.2 Å². The quantitative estimate of drug-likeness (QED) is 0.481. The summed E-state index contributed by atoms with van der Waals surface area (Å²) >= 11 is 17.7. The van der Waals surface area contributed by atoms with E-state index in [1.807, 2.05) is 0 Å². The van der Waals surface area contributed by atoms with Crippen LogP contribution in [0, 0.1) is 0 Å². The Bertz CT molecular complexity index is 992. The maximum Gasteiger partial charge on any atom is 0.291 e. The molecule has 0 spiro atoms. The molecule has 3 rings (SSSR count). The minimum atomic E-state index is -0.623. The number of hydrogen-bond acceptors (Lipinski definition) is 4. The van der Waals surface area contributed by atoms with Crippen molar-refractivity contribution in [3.63, 3.8) is 0 Å². The van der Waals surface area contributed by atoms with Crippen molar-refractivity contribution < 1.29 is 19.1 Å². The van der Waals surface area contributed by atoms with Crippen molar-refractivity contribution in [1.82, 2.24) is 5.32 Å². The van der Waals surface area contributed by atoms with Gasteiger partial charge in [0.15, 0.2) is 5.76 Å². The van der Waals surface area contributed by atoms with E-state index in [0.717, 1.165) is 5.56 Å². The molecule has 1 aromatic heterocycles. The second kappa shape index (κ2) is 8.56. The van der Waals surface area contributed by atoms with Crippen LogP contribution in [0.3, 0.4) is 0 Å². The highest BCUT2D eigenvalue weighted by molar-refractivity contribution is 6.45. The van der Waals surface area contributed by atoms with E-state index in [2.05, 4.69) is 10.6 Å². The van der Waals surface area contributed by atoms with Gasteiger partial charge in [-0.1, -0.05) is 46.9 Å². The summed E-state index contributed by atoms with van der Waals surface area (Å²) in [6, 6.07) is 11.3. The first-order chi connectivity index (χ1) is 13.4. The minimum Gasteiger partial charge on any atom is -0.505 e. The zero-order valence-corrected chi connectivity index (χ0v) is 16.4. The third-order valence-corrected chi connectivity index (χ3v) is 4.86. The molecule has 0 fully saturated rings. The lowest BCUT2D eigenvalue weighted by molar-refractivity contribution is 0.0947. The number of phenolic OH excluding ortho intramolecular Hbond substituents is 1. The highest BCUT2D eigenvalue weighted by atomic mass is 35.5. The highest BCUT2D eigenvalue weighted by Crippen LogP contribution is 2.38. The van der Waals surface area contributed by atoms with E-state index in [-0.39, 0.29) is 38.8 Å². The van der Waals surface area contributed by atoms with Crippen molar-refractivity contribution in [2.45, 2.75) is 6.54 Å². The largest absolute Gasteiger partial charge is 0.505 e. The van der Waals surface area contributed by atoms with Crippen LogP contribution in [-0.4, -0.2) is 16.9 Å². The number of halogens is 3. The van der Waals surface area contributed by atoms with Crippen LogP contribution in [0.1, 0.15) is 26.5 Å². The molecule has 28 heavy (non-hydrogen) atoms. The number of aromatic hydroxyl groups is 1. The van der Waals surface area contributed by atoms with E-state index in [9.17, 15) is 14.7 Å². The normalized spacial score (nSPS) is 10.5. The molecule has 144 valence electrons. The summed E-state index contributed by atoms with van der Waals surface area (Å²) in [5.41, 5.74) is 1.13. The van der Waals surface area contributed by atoms with E-state index in [1.165, 1.54) is 12.3 Å². The number of amides is 2. The van der Waals surface area contributed by atoms with Crippen LogP contribution >= 0.6 is 34.8 Å². The van der Waals surface area contributed by atoms with Gasteiger partial charge in [-0.25, -0.2) is 0 Å². The Hall–Kier alpha value is -2.67. The molecule has 0 aliphatic carbocycles. The molecule has 2 amide bonds. The number of hydrogen-bond donors (Lipinski definition) is 3. The molecule has 0 aliphatic rings. The van der Waals surface area contributed by atoms with E-state index >= 15 is 0 Å². The number of phenols is 1. The van der Waals surface area contributed by atoms with Gasteiger partial charge in [0.25, 0.3) is 11.8 Å². The Labute approximate surface area is 175 Å². The summed E-state index contributed by atoms with van der Waals surface area (Å²) in [4.78, 5) is 24.3. The van der Waals surface area contributed by atoms with E-state index < -0.39 is 11.7 Å². The molecule has 0 saturated carbocycles. The van der Waals surface area contributed by atoms with Crippen LogP contribution < -0.4 is 10.6 Å². The van der Waals surface area contributed by atoms with Crippen LogP contribution in [0.15, 0.2) is 53.1 Å². The molecule has 3 aromatic rings. The highest BCUT2D eigenvalue weighted by Gasteiger charge is 2.21. The Morgan fingerprint density at radius 2 is 1.71 bits per heavy atom. The molecule has 3 N–H and O–H groups in total. The molecule has 0 atom stereocenters. The number of carbonyl (C=O) groups excluding carboxylic acids is 2. The summed E-state index contributed by atoms with van der Waals surface area (Å²) in [7, 11) is 0. The summed E-state index contributed by atoms with van der Waals surface area (Å²) < 4.78 is 5.02. The van der Waals surface area contributed by atoms with Crippen molar-refractivity contribution in [3.8, 4) is 5.75 Å². The van der Waals surface area contributed by atoms with Gasteiger partial charge >= 0.3 is 0 Å². The van der Waals surface area contributed by atoms with Gasteiger partial charge in [0.1, 0.15) is 11.3 Å². The Morgan fingerprint density at radius 3 is 2.36 bits per heavy atom. The fraction of sp³-hybridized carbons (Fsp3) is 0.0526. The molecule has 1 heterocycles. The zero-order valence-electron chi connectivity index (χ0n) is 14.1. The van der Waals surface area contributed by atoms with Crippen molar-refractivity contribution in [1.29, 1.82) is 0 Å². The van der Waals surface area contributed by atoms with E-state index in [4.69, 9.17) is 39.2 Å². The van der Waals surface area contributed by atoms with E-state index in [0.29, 0.717) is 5.69 Å². The second-order valence-electron chi connectivity index (χ2n) is 5.69. The molecule has 9 heteroatoms. The van der Waals surface area contributed by atoms with Crippen LogP contribution in [-0.2, 0) is 6.54 Å². The van der Waals surface area contributed by atoms with Crippen molar-refractivity contribution in [2.24, 2.45) is 0 Å². The predicted octanol–water partition coefficient (Wildman–Crippen LogP) is 5.13. The van der Waals surface area contributed by atoms with Gasteiger partial charge in [0.2, 0.25) is 0 Å². The SMILES string of the molecule is O=C(Nc1ccc(CNC(=O)c2c(O)c(Cl)cc(Cl)c2Cl)cc1)c1ccco1. The van der Waals surface area contributed by atoms with Crippen molar-refractivity contribution in [3.05, 3.63) is 80.7 Å². The topological polar surface area (TPSA) is 91.6 Å². The first kappa shape index (κ1) is 20.1. The van der Waals surface area contributed by atoms with Gasteiger partial charge in [-0.2, -0.15) is 0 Å². The first-order valence-corrected chi connectivity index (χ1v) is 9.08. The number of anilines is 1. The molecule has 0 unspecified atom stereocenters. The van der Waals surface area contributed by atoms with Crippen molar-refractivity contribution in [2.75, 3.05) is 5.32 Å². The van der Waals surface area contributed by atoms with Gasteiger partial charge in [-0.15, -0.1) is 0 Å². The standard InChI is InChI=1S/C19H13Cl3N2O4/c20-12-8-13(21)17(25)15(16(12)22)19(27)23-9-10-3-5-11(6-4-10)24-18(26)14-2-1-7-28-14/h1-8,25H,9H2,(H,23,27)(H,24,26). The molecule has 2 aromatic carbocycles. The first-order valence-electron chi connectivity index (χ1n) is 7.95. The van der Waals surface area contributed by atoms with Crippen LogP contribution in [0.25, 0.3) is 0 Å². The average Bonchev–Trinajstić information content (AvgIpc) is 3.21. The lowest BCUT2D eigenvalue weighted by Crippen LogP contribution is -2.23. The average molecular weight is 440 g/mol.